The summed E-state index contributed by atoms with van der Waals surface area (Å²) in [6.45, 7) is 2.68. The monoisotopic (exact) mass is 307 g/mol. The Hall–Kier alpha value is -1.53. The van der Waals surface area contributed by atoms with E-state index in [-0.39, 0.29) is 6.01 Å². The third-order valence-corrected chi connectivity index (χ3v) is 3.19. The first-order valence-electron chi connectivity index (χ1n) is 7.20. The van der Waals surface area contributed by atoms with Crippen LogP contribution in [0.2, 0.25) is 0 Å². The van der Waals surface area contributed by atoms with Crippen molar-refractivity contribution in [2.24, 2.45) is 7.05 Å². The van der Waals surface area contributed by atoms with Gasteiger partial charge in [-0.2, -0.15) is 22.3 Å². The SMILES string of the molecule is CCCCCCCCn1cc[n+](C)c1OC(=O)C(F)(F)F. The molecule has 0 aliphatic rings. The second-order valence-corrected chi connectivity index (χ2v) is 5.04. The van der Waals surface area contributed by atoms with Gasteiger partial charge in [0.2, 0.25) is 0 Å². The van der Waals surface area contributed by atoms with Gasteiger partial charge in [-0.3, -0.25) is 0 Å². The molecule has 0 spiro atoms. The Morgan fingerprint density at radius 1 is 1.24 bits per heavy atom. The molecular formula is C14H22F3N2O2+. The predicted molar refractivity (Wildman–Crippen MR) is 70.7 cm³/mol. The van der Waals surface area contributed by atoms with Gasteiger partial charge in [0.05, 0.1) is 13.6 Å². The summed E-state index contributed by atoms with van der Waals surface area (Å²) in [5, 5.41) is 0. The second-order valence-electron chi connectivity index (χ2n) is 5.04. The maximum absolute atomic E-state index is 12.2. The molecule has 0 fully saturated rings. The molecule has 0 radical (unpaired) electrons. The molecule has 1 aromatic rings. The summed E-state index contributed by atoms with van der Waals surface area (Å²) in [5.41, 5.74) is 0. The molecule has 0 unspecified atom stereocenters. The van der Waals surface area contributed by atoms with Crippen molar-refractivity contribution in [3.05, 3.63) is 12.4 Å². The van der Waals surface area contributed by atoms with E-state index in [0.717, 1.165) is 19.3 Å². The fourth-order valence-corrected chi connectivity index (χ4v) is 2.01. The molecule has 7 heteroatoms. The summed E-state index contributed by atoms with van der Waals surface area (Å²) < 4.78 is 44.0. The molecule has 0 bridgehead atoms. The van der Waals surface area contributed by atoms with Crippen molar-refractivity contribution in [2.75, 3.05) is 0 Å². The van der Waals surface area contributed by atoms with Gasteiger partial charge in [-0.15, -0.1) is 0 Å². The van der Waals surface area contributed by atoms with Gasteiger partial charge in [-0.05, 0) is 12.8 Å². The average molecular weight is 307 g/mol. The molecule has 0 aliphatic carbocycles. The van der Waals surface area contributed by atoms with Gasteiger partial charge in [-0.25, -0.2) is 4.79 Å². The van der Waals surface area contributed by atoms with Gasteiger partial charge in [0.25, 0.3) is 0 Å². The highest BCUT2D eigenvalue weighted by molar-refractivity contribution is 5.77. The first kappa shape index (κ1) is 17.5. The van der Waals surface area contributed by atoms with Crippen molar-refractivity contribution >= 4 is 5.97 Å². The van der Waals surface area contributed by atoms with Crippen molar-refractivity contribution in [3.8, 4) is 6.01 Å². The van der Waals surface area contributed by atoms with Crippen LogP contribution >= 0.6 is 0 Å². The van der Waals surface area contributed by atoms with Gasteiger partial charge < -0.3 is 4.74 Å². The lowest BCUT2D eigenvalue weighted by Crippen LogP contribution is -2.36. The standard InChI is InChI=1S/C14H22F3N2O2/c1-3-4-5-6-7-8-9-19-11-10-18(2)13(19)21-12(20)14(15,16)17/h10-11H,3-9H2,1-2H3/q+1. The fraction of sp³-hybridized carbons (Fsp3) is 0.714. The lowest BCUT2D eigenvalue weighted by molar-refractivity contribution is -0.675. The Morgan fingerprint density at radius 2 is 1.86 bits per heavy atom. The van der Waals surface area contributed by atoms with E-state index in [2.05, 4.69) is 11.7 Å². The minimum absolute atomic E-state index is 0.0918. The summed E-state index contributed by atoms with van der Waals surface area (Å²) in [7, 11) is 1.54. The number of alkyl halides is 3. The summed E-state index contributed by atoms with van der Waals surface area (Å²) in [5.74, 6) is -2.19. The van der Waals surface area contributed by atoms with Gasteiger partial charge in [-0.1, -0.05) is 32.6 Å². The summed E-state index contributed by atoms with van der Waals surface area (Å²) in [4.78, 5) is 10.9. The molecular weight excluding hydrogens is 285 g/mol. The van der Waals surface area contributed by atoms with Crippen LogP contribution in [0.5, 0.6) is 6.01 Å². The fourth-order valence-electron chi connectivity index (χ4n) is 2.01. The predicted octanol–water partition coefficient (Wildman–Crippen LogP) is 3.14. The van der Waals surface area contributed by atoms with Crippen molar-refractivity contribution in [1.82, 2.24) is 4.57 Å². The second kappa shape index (κ2) is 8.05. The molecule has 1 aromatic heterocycles. The number of nitrogens with zero attached hydrogens (tertiary/aromatic N) is 2. The molecule has 4 nitrogen and oxygen atoms in total. The highest BCUT2D eigenvalue weighted by Crippen LogP contribution is 2.18. The molecule has 120 valence electrons. The lowest BCUT2D eigenvalue weighted by Gasteiger charge is -2.05. The van der Waals surface area contributed by atoms with E-state index in [4.69, 9.17) is 0 Å². The number of unbranched alkanes of at least 4 members (excludes halogenated alkanes) is 5. The summed E-state index contributed by atoms with van der Waals surface area (Å²) >= 11 is 0. The van der Waals surface area contributed by atoms with Gasteiger partial charge >= 0.3 is 18.2 Å². The average Bonchev–Trinajstić information content (AvgIpc) is 2.74. The number of esters is 1. The smallest absolute Gasteiger partial charge is 0.350 e. The van der Waals surface area contributed by atoms with Crippen molar-refractivity contribution < 1.29 is 27.3 Å². The van der Waals surface area contributed by atoms with E-state index in [9.17, 15) is 18.0 Å². The van der Waals surface area contributed by atoms with Crippen LogP contribution in [0.15, 0.2) is 12.4 Å². The number of ether oxygens (including phenoxy) is 1. The normalized spacial score (nSPS) is 11.7. The Balaban J connectivity index is 2.51. The number of halogens is 3. The number of aromatic nitrogens is 2. The van der Waals surface area contributed by atoms with E-state index in [1.165, 1.54) is 35.4 Å². The van der Waals surface area contributed by atoms with Crippen LogP contribution in [0, 0.1) is 0 Å². The molecule has 0 N–H and O–H groups in total. The summed E-state index contributed by atoms with van der Waals surface area (Å²) in [6, 6.07) is -0.0918. The van der Waals surface area contributed by atoms with Crippen LogP contribution in [-0.4, -0.2) is 16.7 Å². The van der Waals surface area contributed by atoms with E-state index >= 15 is 0 Å². The molecule has 0 aliphatic heterocycles. The van der Waals surface area contributed by atoms with Crippen LogP contribution in [0.1, 0.15) is 45.4 Å². The van der Waals surface area contributed by atoms with Crippen LogP contribution in [0.3, 0.4) is 0 Å². The first-order valence-corrected chi connectivity index (χ1v) is 7.20. The Bertz CT molecular complexity index is 456. The highest BCUT2D eigenvalue weighted by atomic mass is 19.4. The molecule has 0 aromatic carbocycles. The van der Waals surface area contributed by atoms with Crippen molar-refractivity contribution in [2.45, 2.75) is 58.2 Å². The minimum Gasteiger partial charge on any atom is -0.350 e. The number of aryl methyl sites for hydroxylation is 2. The van der Waals surface area contributed by atoms with E-state index in [1.807, 2.05) is 0 Å². The molecule has 0 saturated carbocycles. The minimum atomic E-state index is -4.98. The zero-order valence-electron chi connectivity index (χ0n) is 12.4. The molecule has 1 rings (SSSR count). The Kier molecular flexibility index (Phi) is 6.71. The van der Waals surface area contributed by atoms with Crippen molar-refractivity contribution in [3.63, 3.8) is 0 Å². The third-order valence-electron chi connectivity index (χ3n) is 3.19. The molecule has 0 saturated heterocycles. The molecule has 0 amide bonds. The number of imidazole rings is 1. The highest BCUT2D eigenvalue weighted by Gasteiger charge is 2.43. The van der Waals surface area contributed by atoms with Gasteiger partial charge in [0, 0.05) is 0 Å². The van der Waals surface area contributed by atoms with E-state index < -0.39 is 12.1 Å². The van der Waals surface area contributed by atoms with Crippen LogP contribution in [0.25, 0.3) is 0 Å². The number of carbonyl (C=O) groups is 1. The van der Waals surface area contributed by atoms with E-state index in [0.29, 0.717) is 6.54 Å². The Morgan fingerprint density at radius 3 is 2.48 bits per heavy atom. The van der Waals surface area contributed by atoms with Crippen LogP contribution in [0.4, 0.5) is 13.2 Å². The molecule has 0 atom stereocenters. The first-order chi connectivity index (χ1) is 9.86. The van der Waals surface area contributed by atoms with Gasteiger partial charge in [0.15, 0.2) is 0 Å². The van der Waals surface area contributed by atoms with Crippen LogP contribution < -0.4 is 9.30 Å². The molecule has 21 heavy (non-hydrogen) atoms. The van der Waals surface area contributed by atoms with Gasteiger partial charge in [0.1, 0.15) is 12.4 Å². The largest absolute Gasteiger partial charge is 0.491 e. The maximum atomic E-state index is 12.2. The molecule has 1 heterocycles. The van der Waals surface area contributed by atoms with Crippen LogP contribution in [-0.2, 0) is 18.4 Å². The quantitative estimate of drug-likeness (QED) is 0.420. The van der Waals surface area contributed by atoms with E-state index in [1.54, 1.807) is 12.4 Å². The number of hydrogen-bond acceptors (Lipinski definition) is 2. The number of rotatable bonds is 8. The number of carbonyl (C=O) groups excluding carboxylic acids is 1. The topological polar surface area (TPSA) is 35.1 Å². The number of hydrogen-bond donors (Lipinski definition) is 0. The zero-order chi connectivity index (χ0) is 15.9. The lowest BCUT2D eigenvalue weighted by atomic mass is 10.1. The third kappa shape index (κ3) is 5.77. The Labute approximate surface area is 122 Å². The zero-order valence-corrected chi connectivity index (χ0v) is 12.4. The summed E-state index contributed by atoms with van der Waals surface area (Å²) in [6.07, 6.45) is 4.70. The van der Waals surface area contributed by atoms with Crippen molar-refractivity contribution in [1.29, 1.82) is 0 Å². The maximum Gasteiger partial charge on any atom is 0.491 e.